The van der Waals surface area contributed by atoms with E-state index in [1.54, 1.807) is 25.2 Å². The number of halogens is 1. The number of hydrogen-bond acceptors (Lipinski definition) is 4. The lowest BCUT2D eigenvalue weighted by Crippen LogP contribution is -2.23. The SMILES string of the molecule is Cn1c(Cc2ccccc2C(=O)OCc2ccccc2)nc2ccc(Br)cc2c1=O. The van der Waals surface area contributed by atoms with E-state index in [4.69, 9.17) is 4.74 Å². The van der Waals surface area contributed by atoms with E-state index in [9.17, 15) is 9.59 Å². The first-order chi connectivity index (χ1) is 14.5. The van der Waals surface area contributed by atoms with Gasteiger partial charge in [0.2, 0.25) is 0 Å². The molecule has 0 aliphatic heterocycles. The monoisotopic (exact) mass is 462 g/mol. The second-order valence-corrected chi connectivity index (χ2v) is 7.87. The standard InChI is InChI=1S/C24H19BrN2O3/c1-27-22(26-21-12-11-18(25)14-20(21)23(27)28)13-17-9-5-6-10-19(17)24(29)30-15-16-7-3-2-4-8-16/h2-12,14H,13,15H2,1H3. The lowest BCUT2D eigenvalue weighted by atomic mass is 10.0. The van der Waals surface area contributed by atoms with Gasteiger partial charge in [0.25, 0.3) is 5.56 Å². The van der Waals surface area contributed by atoms with Gasteiger partial charge in [0.05, 0.1) is 16.5 Å². The molecule has 30 heavy (non-hydrogen) atoms. The fraction of sp³-hybridized carbons (Fsp3) is 0.125. The second kappa shape index (κ2) is 8.63. The number of nitrogens with zero attached hydrogens (tertiary/aromatic N) is 2. The molecule has 0 aliphatic carbocycles. The number of fused-ring (bicyclic) bond motifs is 1. The van der Waals surface area contributed by atoms with Crippen molar-refractivity contribution in [3.8, 4) is 0 Å². The number of carbonyl (C=O) groups excluding carboxylic acids is 1. The van der Waals surface area contributed by atoms with Crippen molar-refractivity contribution in [2.75, 3.05) is 0 Å². The van der Waals surface area contributed by atoms with E-state index in [1.165, 1.54) is 4.57 Å². The predicted octanol–water partition coefficient (Wildman–Crippen LogP) is 4.64. The lowest BCUT2D eigenvalue weighted by Gasteiger charge is -2.12. The quantitative estimate of drug-likeness (QED) is 0.405. The first-order valence-electron chi connectivity index (χ1n) is 9.47. The molecular weight excluding hydrogens is 444 g/mol. The van der Waals surface area contributed by atoms with E-state index in [-0.39, 0.29) is 12.2 Å². The molecule has 0 radical (unpaired) electrons. The molecule has 4 rings (SSSR count). The molecule has 1 heterocycles. The van der Waals surface area contributed by atoms with Crippen LogP contribution >= 0.6 is 15.9 Å². The maximum atomic E-state index is 12.8. The summed E-state index contributed by atoms with van der Waals surface area (Å²) in [6.45, 7) is 0.204. The zero-order valence-electron chi connectivity index (χ0n) is 16.3. The number of esters is 1. The van der Waals surface area contributed by atoms with Gasteiger partial charge in [0, 0.05) is 17.9 Å². The summed E-state index contributed by atoms with van der Waals surface area (Å²) in [4.78, 5) is 30.2. The molecule has 0 aliphatic rings. The van der Waals surface area contributed by atoms with Crippen LogP contribution in [-0.2, 0) is 24.8 Å². The average Bonchev–Trinajstić information content (AvgIpc) is 2.77. The summed E-state index contributed by atoms with van der Waals surface area (Å²) in [6.07, 6.45) is 0.342. The molecule has 0 saturated carbocycles. The van der Waals surface area contributed by atoms with Crippen molar-refractivity contribution < 1.29 is 9.53 Å². The van der Waals surface area contributed by atoms with Crippen LogP contribution in [0.25, 0.3) is 10.9 Å². The molecule has 6 heteroatoms. The topological polar surface area (TPSA) is 61.2 Å². The number of aromatic nitrogens is 2. The van der Waals surface area contributed by atoms with Crippen LogP contribution in [0.3, 0.4) is 0 Å². The summed E-state index contributed by atoms with van der Waals surface area (Å²) in [5, 5.41) is 0.547. The fourth-order valence-electron chi connectivity index (χ4n) is 3.29. The van der Waals surface area contributed by atoms with E-state index in [1.807, 2.05) is 54.6 Å². The molecule has 0 unspecified atom stereocenters. The Morgan fingerprint density at radius 3 is 2.57 bits per heavy atom. The summed E-state index contributed by atoms with van der Waals surface area (Å²) in [6, 6.07) is 22.2. The van der Waals surface area contributed by atoms with E-state index in [0.717, 1.165) is 15.6 Å². The number of carbonyl (C=O) groups is 1. The average molecular weight is 463 g/mol. The highest BCUT2D eigenvalue weighted by Gasteiger charge is 2.16. The molecule has 1 aromatic heterocycles. The van der Waals surface area contributed by atoms with Crippen molar-refractivity contribution in [1.29, 1.82) is 0 Å². The highest BCUT2D eigenvalue weighted by molar-refractivity contribution is 9.10. The van der Waals surface area contributed by atoms with Crippen LogP contribution in [0.1, 0.15) is 27.3 Å². The fourth-order valence-corrected chi connectivity index (χ4v) is 3.65. The number of benzene rings is 3. The van der Waals surface area contributed by atoms with Crippen molar-refractivity contribution >= 4 is 32.8 Å². The number of hydrogen-bond donors (Lipinski definition) is 0. The molecule has 0 spiro atoms. The largest absolute Gasteiger partial charge is 0.457 e. The lowest BCUT2D eigenvalue weighted by molar-refractivity contribution is 0.0471. The smallest absolute Gasteiger partial charge is 0.338 e. The molecule has 0 N–H and O–H groups in total. The Morgan fingerprint density at radius 2 is 1.77 bits per heavy atom. The Bertz CT molecular complexity index is 1280. The van der Waals surface area contributed by atoms with E-state index >= 15 is 0 Å². The van der Waals surface area contributed by atoms with Crippen LogP contribution in [0.4, 0.5) is 0 Å². The van der Waals surface area contributed by atoms with Crippen molar-refractivity contribution in [1.82, 2.24) is 9.55 Å². The van der Waals surface area contributed by atoms with Crippen LogP contribution in [0.15, 0.2) is 82.1 Å². The first kappa shape index (κ1) is 20.0. The maximum Gasteiger partial charge on any atom is 0.338 e. The molecule has 0 atom stereocenters. The van der Waals surface area contributed by atoms with Crippen LogP contribution in [0.5, 0.6) is 0 Å². The zero-order valence-corrected chi connectivity index (χ0v) is 17.9. The van der Waals surface area contributed by atoms with Gasteiger partial charge in [-0.2, -0.15) is 0 Å². The Balaban J connectivity index is 1.63. The molecule has 150 valence electrons. The summed E-state index contributed by atoms with van der Waals surface area (Å²) >= 11 is 3.39. The molecule has 0 fully saturated rings. The van der Waals surface area contributed by atoms with E-state index in [2.05, 4.69) is 20.9 Å². The first-order valence-corrected chi connectivity index (χ1v) is 10.3. The zero-order chi connectivity index (χ0) is 21.1. The van der Waals surface area contributed by atoms with Gasteiger partial charge < -0.3 is 4.74 Å². The van der Waals surface area contributed by atoms with Crippen molar-refractivity contribution in [3.63, 3.8) is 0 Å². The van der Waals surface area contributed by atoms with Gasteiger partial charge in [0.1, 0.15) is 12.4 Å². The summed E-state index contributed by atoms with van der Waals surface area (Å²) in [5.41, 5.74) is 2.65. The van der Waals surface area contributed by atoms with Gasteiger partial charge in [-0.1, -0.05) is 64.5 Å². The molecule has 4 aromatic rings. The third-order valence-corrected chi connectivity index (χ3v) is 5.42. The molecular formula is C24H19BrN2O3. The van der Waals surface area contributed by atoms with Gasteiger partial charge >= 0.3 is 5.97 Å². The van der Waals surface area contributed by atoms with Crippen LogP contribution in [-0.4, -0.2) is 15.5 Å². The highest BCUT2D eigenvalue weighted by atomic mass is 79.9. The van der Waals surface area contributed by atoms with Crippen molar-refractivity contribution in [2.24, 2.45) is 7.05 Å². The Hall–Kier alpha value is -3.25. The minimum absolute atomic E-state index is 0.125. The van der Waals surface area contributed by atoms with E-state index in [0.29, 0.717) is 28.7 Å². The molecule has 0 amide bonds. The van der Waals surface area contributed by atoms with Gasteiger partial charge in [-0.15, -0.1) is 0 Å². The summed E-state index contributed by atoms with van der Waals surface area (Å²) in [7, 11) is 1.70. The van der Waals surface area contributed by atoms with Gasteiger partial charge in [-0.05, 0) is 35.4 Å². The molecule has 0 saturated heterocycles. The van der Waals surface area contributed by atoms with Gasteiger partial charge in [0.15, 0.2) is 0 Å². The minimum atomic E-state index is -0.399. The molecule has 5 nitrogen and oxygen atoms in total. The second-order valence-electron chi connectivity index (χ2n) is 6.95. The molecule has 3 aromatic carbocycles. The Kier molecular flexibility index (Phi) is 5.77. The number of rotatable bonds is 5. The van der Waals surface area contributed by atoms with Crippen LogP contribution in [0, 0.1) is 0 Å². The van der Waals surface area contributed by atoms with Crippen LogP contribution < -0.4 is 5.56 Å². The number of ether oxygens (including phenoxy) is 1. The predicted molar refractivity (Wildman–Crippen MR) is 119 cm³/mol. The minimum Gasteiger partial charge on any atom is -0.457 e. The normalized spacial score (nSPS) is 10.9. The Labute approximate surface area is 182 Å². The third kappa shape index (κ3) is 4.19. The highest BCUT2D eigenvalue weighted by Crippen LogP contribution is 2.19. The third-order valence-electron chi connectivity index (χ3n) is 4.93. The summed E-state index contributed by atoms with van der Waals surface area (Å²) < 4.78 is 7.85. The van der Waals surface area contributed by atoms with Crippen molar-refractivity contribution in [3.05, 3.63) is 110 Å². The Morgan fingerprint density at radius 1 is 1.03 bits per heavy atom. The van der Waals surface area contributed by atoms with Crippen LogP contribution in [0.2, 0.25) is 0 Å². The maximum absolute atomic E-state index is 12.8. The van der Waals surface area contributed by atoms with Crippen molar-refractivity contribution in [2.45, 2.75) is 13.0 Å². The van der Waals surface area contributed by atoms with Gasteiger partial charge in [-0.3, -0.25) is 9.36 Å². The van der Waals surface area contributed by atoms with E-state index < -0.39 is 5.97 Å². The summed E-state index contributed by atoms with van der Waals surface area (Å²) in [5.74, 6) is 0.183. The van der Waals surface area contributed by atoms with Gasteiger partial charge in [-0.25, -0.2) is 9.78 Å². The molecule has 0 bridgehead atoms.